The molecule has 0 unspecified atom stereocenters. The summed E-state index contributed by atoms with van der Waals surface area (Å²) >= 11 is 1.12. The van der Waals surface area contributed by atoms with E-state index in [-0.39, 0.29) is 22.5 Å². The van der Waals surface area contributed by atoms with E-state index in [1.165, 1.54) is 11.8 Å². The number of amides is 1. The van der Waals surface area contributed by atoms with Crippen LogP contribution < -0.4 is 15.1 Å². The van der Waals surface area contributed by atoms with Crippen molar-refractivity contribution in [1.29, 1.82) is 0 Å². The van der Waals surface area contributed by atoms with Crippen LogP contribution in [-0.4, -0.2) is 16.7 Å². The predicted octanol–water partition coefficient (Wildman–Crippen LogP) is 6.30. The Hall–Kier alpha value is -4.56. The van der Waals surface area contributed by atoms with Gasteiger partial charge >= 0.3 is 0 Å². The number of Topliss-reactive ketones (excluding diaryl/α,β-unsaturated/α-hetero) is 1. The van der Waals surface area contributed by atoms with Crippen molar-refractivity contribution in [3.63, 3.8) is 0 Å². The number of anilines is 1. The van der Waals surface area contributed by atoms with Crippen molar-refractivity contribution >= 4 is 39.1 Å². The molecule has 0 spiro atoms. The van der Waals surface area contributed by atoms with Gasteiger partial charge in [0.1, 0.15) is 17.1 Å². The Morgan fingerprint density at radius 1 is 0.973 bits per heavy atom. The third kappa shape index (κ3) is 3.82. The smallest absolute Gasteiger partial charge is 0.297 e. The van der Waals surface area contributed by atoms with Crippen molar-refractivity contribution < 1.29 is 18.7 Å². The van der Waals surface area contributed by atoms with Crippen LogP contribution in [0.3, 0.4) is 0 Å². The zero-order valence-electron chi connectivity index (χ0n) is 19.9. The highest BCUT2D eigenvalue weighted by atomic mass is 32.1. The molecule has 1 aliphatic heterocycles. The minimum Gasteiger partial charge on any atom is -0.457 e. The van der Waals surface area contributed by atoms with Gasteiger partial charge in [0.25, 0.3) is 5.91 Å². The Morgan fingerprint density at radius 3 is 2.46 bits per heavy atom. The Morgan fingerprint density at radius 2 is 1.70 bits per heavy atom. The molecule has 0 radical (unpaired) electrons. The van der Waals surface area contributed by atoms with Crippen LogP contribution in [0.2, 0.25) is 0 Å². The molecule has 0 fully saturated rings. The summed E-state index contributed by atoms with van der Waals surface area (Å²) in [6, 6.07) is 22.6. The van der Waals surface area contributed by atoms with Crippen LogP contribution in [0.25, 0.3) is 11.0 Å². The van der Waals surface area contributed by atoms with Crippen LogP contribution in [0.1, 0.15) is 50.0 Å². The third-order valence-corrected chi connectivity index (χ3v) is 7.50. The maximum absolute atomic E-state index is 13.8. The molecule has 37 heavy (non-hydrogen) atoms. The summed E-state index contributed by atoms with van der Waals surface area (Å²) in [7, 11) is 0. The number of ether oxygens (including phenoxy) is 1. The van der Waals surface area contributed by atoms with Gasteiger partial charge in [-0.25, -0.2) is 4.98 Å². The average Bonchev–Trinajstić information content (AvgIpc) is 3.42. The second-order valence-corrected chi connectivity index (χ2v) is 9.68. The minimum atomic E-state index is -0.812. The normalized spacial score (nSPS) is 14.7. The highest BCUT2D eigenvalue weighted by Gasteiger charge is 2.45. The largest absolute Gasteiger partial charge is 0.457 e. The van der Waals surface area contributed by atoms with E-state index in [0.717, 1.165) is 11.3 Å². The molecule has 6 rings (SSSR count). The van der Waals surface area contributed by atoms with Gasteiger partial charge in [0.2, 0.25) is 5.76 Å². The average molecular weight is 509 g/mol. The second kappa shape index (κ2) is 8.83. The Bertz CT molecular complexity index is 1760. The van der Waals surface area contributed by atoms with E-state index < -0.39 is 11.9 Å². The Kier molecular flexibility index (Phi) is 5.46. The number of aryl methyl sites for hydroxylation is 1. The minimum absolute atomic E-state index is 0.0275. The van der Waals surface area contributed by atoms with Gasteiger partial charge in [-0.2, -0.15) is 0 Å². The number of ketones is 1. The number of para-hydroxylation sites is 2. The maximum Gasteiger partial charge on any atom is 0.297 e. The summed E-state index contributed by atoms with van der Waals surface area (Å²) in [5.41, 5.74) is 1.46. The topological polar surface area (TPSA) is 89.7 Å². The quantitative estimate of drug-likeness (QED) is 0.259. The van der Waals surface area contributed by atoms with E-state index in [1.54, 1.807) is 37.3 Å². The molecule has 0 saturated carbocycles. The molecule has 3 heterocycles. The lowest BCUT2D eigenvalue weighted by Gasteiger charge is -2.23. The molecule has 0 saturated heterocycles. The fourth-order valence-corrected chi connectivity index (χ4v) is 5.61. The maximum atomic E-state index is 13.8. The van der Waals surface area contributed by atoms with E-state index >= 15 is 0 Å². The standard InChI is InChI=1S/C29H20N2O5S/c1-16-27(17(2)32)37-29(30-16)31-24(18-9-8-12-20(15-18)35-19-10-4-3-5-11-19)23-25(33)21-13-6-7-14-22(21)36-26(23)28(31)34/h3-15,24H,1-2H3/t24-/m1/s1. The molecule has 1 atom stereocenters. The van der Waals surface area contributed by atoms with Crippen molar-refractivity contribution in [3.8, 4) is 11.5 Å². The highest BCUT2D eigenvalue weighted by molar-refractivity contribution is 7.17. The number of thiazole rings is 1. The predicted molar refractivity (Wildman–Crippen MR) is 141 cm³/mol. The molecule has 1 aliphatic rings. The fourth-order valence-electron chi connectivity index (χ4n) is 4.62. The number of aromatic nitrogens is 1. The second-order valence-electron chi connectivity index (χ2n) is 8.70. The van der Waals surface area contributed by atoms with Crippen LogP contribution in [0.4, 0.5) is 5.13 Å². The molecular formula is C29H20N2O5S. The van der Waals surface area contributed by atoms with Crippen LogP contribution >= 0.6 is 11.3 Å². The van der Waals surface area contributed by atoms with Crippen molar-refractivity contribution in [2.45, 2.75) is 19.9 Å². The van der Waals surface area contributed by atoms with Crippen LogP contribution in [0.15, 0.2) is 88.1 Å². The highest BCUT2D eigenvalue weighted by Crippen LogP contribution is 2.44. The molecule has 0 N–H and O–H groups in total. The molecule has 5 aromatic rings. The molecule has 0 bridgehead atoms. The van der Waals surface area contributed by atoms with E-state index in [4.69, 9.17) is 9.15 Å². The van der Waals surface area contributed by atoms with E-state index in [2.05, 4.69) is 4.98 Å². The summed E-state index contributed by atoms with van der Waals surface area (Å²) < 4.78 is 12.0. The fraction of sp³-hybridized carbons (Fsp3) is 0.103. The van der Waals surface area contributed by atoms with Crippen LogP contribution in [0, 0.1) is 6.92 Å². The monoisotopic (exact) mass is 508 g/mol. The Labute approximate surface area is 215 Å². The number of nitrogens with zero attached hydrogens (tertiary/aromatic N) is 2. The van der Waals surface area contributed by atoms with E-state index in [9.17, 15) is 14.4 Å². The molecule has 2 aromatic heterocycles. The number of benzene rings is 3. The summed E-state index contributed by atoms with van der Waals surface area (Å²) in [5, 5.41) is 0.708. The zero-order chi connectivity index (χ0) is 25.7. The van der Waals surface area contributed by atoms with Gasteiger partial charge in [0.05, 0.1) is 27.6 Å². The lowest BCUT2D eigenvalue weighted by molar-refractivity contribution is 0.0969. The molecule has 0 aliphatic carbocycles. The molecule has 1 amide bonds. The first kappa shape index (κ1) is 22.9. The van der Waals surface area contributed by atoms with Gasteiger partial charge < -0.3 is 9.15 Å². The van der Waals surface area contributed by atoms with E-state index in [0.29, 0.717) is 43.7 Å². The summed E-state index contributed by atoms with van der Waals surface area (Å²) in [6.45, 7) is 3.19. The number of fused-ring (bicyclic) bond motifs is 2. The van der Waals surface area contributed by atoms with Crippen molar-refractivity contribution in [3.05, 3.63) is 117 Å². The third-order valence-electron chi connectivity index (χ3n) is 6.24. The molecule has 3 aromatic carbocycles. The van der Waals surface area contributed by atoms with Gasteiger partial charge in [-0.3, -0.25) is 19.3 Å². The molecular weight excluding hydrogens is 488 g/mol. The molecule has 7 nitrogen and oxygen atoms in total. The molecule has 8 heteroatoms. The van der Waals surface area contributed by atoms with E-state index in [1.807, 2.05) is 48.5 Å². The number of hydrogen-bond donors (Lipinski definition) is 0. The number of hydrogen-bond acceptors (Lipinski definition) is 7. The van der Waals surface area contributed by atoms with Gasteiger partial charge in [-0.05, 0) is 48.9 Å². The van der Waals surface area contributed by atoms with Crippen molar-refractivity contribution in [2.75, 3.05) is 4.90 Å². The first-order valence-electron chi connectivity index (χ1n) is 11.6. The van der Waals surface area contributed by atoms with Gasteiger partial charge in [0.15, 0.2) is 16.3 Å². The zero-order valence-corrected chi connectivity index (χ0v) is 20.7. The van der Waals surface area contributed by atoms with Gasteiger partial charge in [-0.15, -0.1) is 0 Å². The summed E-state index contributed by atoms with van der Waals surface area (Å²) in [4.78, 5) is 46.1. The number of carbonyl (C=O) groups excluding carboxylic acids is 2. The van der Waals surface area contributed by atoms with Gasteiger partial charge in [0, 0.05) is 6.92 Å². The lowest BCUT2D eigenvalue weighted by atomic mass is 9.98. The SMILES string of the molecule is CC(=O)c1sc(N2C(=O)c3oc4ccccc4c(=O)c3[C@H]2c2cccc(Oc3ccccc3)c2)nc1C. The number of carbonyl (C=O) groups is 2. The van der Waals surface area contributed by atoms with Crippen molar-refractivity contribution in [2.24, 2.45) is 0 Å². The Balaban J connectivity index is 1.55. The van der Waals surface area contributed by atoms with Crippen LogP contribution in [-0.2, 0) is 0 Å². The molecule has 182 valence electrons. The van der Waals surface area contributed by atoms with Crippen molar-refractivity contribution in [1.82, 2.24) is 4.98 Å². The lowest BCUT2D eigenvalue weighted by Crippen LogP contribution is -2.29. The van der Waals surface area contributed by atoms with Crippen LogP contribution in [0.5, 0.6) is 11.5 Å². The first-order valence-corrected chi connectivity index (χ1v) is 12.4. The number of rotatable bonds is 5. The summed E-state index contributed by atoms with van der Waals surface area (Å²) in [6.07, 6.45) is 0. The summed E-state index contributed by atoms with van der Waals surface area (Å²) in [5.74, 6) is 0.558. The first-order chi connectivity index (χ1) is 17.9. The van der Waals surface area contributed by atoms with Gasteiger partial charge in [-0.1, -0.05) is 53.8 Å².